The Morgan fingerprint density at radius 3 is 2.00 bits per heavy atom. The molecule has 33 heavy (non-hydrogen) atoms. The predicted molar refractivity (Wildman–Crippen MR) is 132 cm³/mol. The summed E-state index contributed by atoms with van der Waals surface area (Å²) in [5, 5.41) is 6.31. The van der Waals surface area contributed by atoms with Crippen molar-refractivity contribution in [1.82, 2.24) is 0 Å². The number of halogens is 1. The van der Waals surface area contributed by atoms with Crippen molar-refractivity contribution >= 4 is 40.9 Å². The van der Waals surface area contributed by atoms with Gasteiger partial charge in [0.25, 0.3) is 5.91 Å². The first-order chi connectivity index (χ1) is 16.0. The van der Waals surface area contributed by atoms with Crippen molar-refractivity contribution in [2.45, 2.75) is 13.8 Å². The summed E-state index contributed by atoms with van der Waals surface area (Å²) < 4.78 is 11.4. The molecule has 0 aliphatic heterocycles. The minimum absolute atomic E-state index is 0.276. The molecule has 0 saturated heterocycles. The van der Waals surface area contributed by atoms with E-state index in [1.807, 2.05) is 32.0 Å². The Bertz CT molecular complexity index is 1130. The number of hydrogen-bond donors (Lipinski definition) is 2. The minimum atomic E-state index is -0.338. The first kappa shape index (κ1) is 23.9. The normalized spacial score (nSPS) is 10.6. The van der Waals surface area contributed by atoms with Crippen molar-refractivity contribution in [3.63, 3.8) is 0 Å². The number of hydrogen-bond acceptors (Lipinski definition) is 4. The summed E-state index contributed by atoms with van der Waals surface area (Å²) in [7, 11) is 0. The Kier molecular flexibility index (Phi) is 8.49. The molecule has 0 saturated carbocycles. The number of rotatable bonds is 9. The largest absolute Gasteiger partial charge is 0.492 e. The highest BCUT2D eigenvalue weighted by atomic mass is 35.5. The molecule has 6 nitrogen and oxygen atoms in total. The van der Waals surface area contributed by atoms with Crippen molar-refractivity contribution in [3.05, 3.63) is 89.0 Å². The van der Waals surface area contributed by atoms with Crippen LogP contribution < -0.4 is 20.1 Å². The van der Waals surface area contributed by atoms with Gasteiger partial charge in [0.1, 0.15) is 11.5 Å². The van der Waals surface area contributed by atoms with Crippen LogP contribution in [0, 0.1) is 0 Å². The Labute approximate surface area is 198 Å². The quantitative estimate of drug-likeness (QED) is 0.378. The number of benzene rings is 3. The lowest BCUT2D eigenvalue weighted by Crippen LogP contribution is -2.14. The second-order valence-corrected chi connectivity index (χ2v) is 7.34. The van der Waals surface area contributed by atoms with E-state index in [4.69, 9.17) is 21.1 Å². The highest BCUT2D eigenvalue weighted by Gasteiger charge is 2.16. The van der Waals surface area contributed by atoms with Crippen LogP contribution in [-0.2, 0) is 4.79 Å². The molecule has 0 aromatic heterocycles. The molecule has 3 rings (SSSR count). The molecule has 2 amide bonds. The highest BCUT2D eigenvalue weighted by molar-refractivity contribution is 6.30. The van der Waals surface area contributed by atoms with Gasteiger partial charge in [-0.15, -0.1) is 0 Å². The second kappa shape index (κ2) is 11.7. The van der Waals surface area contributed by atoms with Gasteiger partial charge >= 0.3 is 0 Å². The van der Waals surface area contributed by atoms with Crippen LogP contribution in [-0.4, -0.2) is 25.0 Å². The Hall–Kier alpha value is -3.77. The summed E-state index contributed by atoms with van der Waals surface area (Å²) in [6.45, 7) is 4.44. The average Bonchev–Trinajstić information content (AvgIpc) is 2.82. The van der Waals surface area contributed by atoms with Crippen LogP contribution in [0.2, 0.25) is 5.02 Å². The molecule has 0 bridgehead atoms. The maximum Gasteiger partial charge on any atom is 0.255 e. The molecule has 7 heteroatoms. The van der Waals surface area contributed by atoms with Gasteiger partial charge < -0.3 is 20.1 Å². The van der Waals surface area contributed by atoms with Gasteiger partial charge in [-0.1, -0.05) is 41.9 Å². The molecule has 0 spiro atoms. The van der Waals surface area contributed by atoms with Crippen LogP contribution in [0.15, 0.2) is 72.8 Å². The van der Waals surface area contributed by atoms with Crippen molar-refractivity contribution in [1.29, 1.82) is 0 Å². The summed E-state index contributed by atoms with van der Waals surface area (Å²) in [5.74, 6) is 0.218. The zero-order valence-corrected chi connectivity index (χ0v) is 19.2. The topological polar surface area (TPSA) is 76.7 Å². The van der Waals surface area contributed by atoms with E-state index in [-0.39, 0.29) is 11.8 Å². The van der Waals surface area contributed by atoms with Gasteiger partial charge in [0, 0.05) is 28.8 Å². The van der Waals surface area contributed by atoms with Crippen molar-refractivity contribution < 1.29 is 19.1 Å². The van der Waals surface area contributed by atoms with Crippen LogP contribution in [0.5, 0.6) is 11.5 Å². The summed E-state index contributed by atoms with van der Waals surface area (Å²) in [6, 6.07) is 19.3. The molecule has 0 unspecified atom stereocenters. The van der Waals surface area contributed by atoms with Gasteiger partial charge in [-0.2, -0.15) is 0 Å². The maximum absolute atomic E-state index is 12.6. The van der Waals surface area contributed by atoms with E-state index < -0.39 is 0 Å². The monoisotopic (exact) mass is 464 g/mol. The number of carbonyl (C=O) groups is 2. The van der Waals surface area contributed by atoms with E-state index in [0.717, 1.165) is 5.56 Å². The molecular formula is C26H25ClN2O4. The number of ether oxygens (including phenoxy) is 2. The lowest BCUT2D eigenvalue weighted by atomic mass is 10.2. The molecule has 3 aromatic rings. The lowest BCUT2D eigenvalue weighted by Gasteiger charge is -2.17. The molecule has 0 aliphatic rings. The van der Waals surface area contributed by atoms with Gasteiger partial charge in [-0.3, -0.25) is 9.59 Å². The Morgan fingerprint density at radius 1 is 0.848 bits per heavy atom. The van der Waals surface area contributed by atoms with Gasteiger partial charge in [0.2, 0.25) is 5.91 Å². The van der Waals surface area contributed by atoms with Crippen molar-refractivity contribution in [2.24, 2.45) is 0 Å². The molecule has 0 atom stereocenters. The molecule has 0 heterocycles. The standard InChI is InChI=1S/C26H25ClN2O4/c1-3-32-23-17-22(29-26(31)19-8-6-5-7-9-19)24(33-4-2)16-21(23)28-25(30)15-12-18-10-13-20(27)14-11-18/h5-17H,3-4H2,1-2H3,(H,28,30)(H,29,31). The van der Waals surface area contributed by atoms with E-state index in [0.29, 0.717) is 46.7 Å². The fourth-order valence-electron chi connectivity index (χ4n) is 3.01. The number of carbonyl (C=O) groups excluding carboxylic acids is 2. The first-order valence-electron chi connectivity index (χ1n) is 10.5. The molecule has 0 radical (unpaired) electrons. The minimum Gasteiger partial charge on any atom is -0.492 e. The summed E-state index contributed by atoms with van der Waals surface area (Å²) >= 11 is 5.89. The third-order valence-electron chi connectivity index (χ3n) is 4.52. The molecule has 0 aliphatic carbocycles. The molecule has 0 fully saturated rings. The lowest BCUT2D eigenvalue weighted by molar-refractivity contribution is -0.111. The van der Waals surface area contributed by atoms with Crippen LogP contribution in [0.3, 0.4) is 0 Å². The fraction of sp³-hybridized carbons (Fsp3) is 0.154. The SMILES string of the molecule is CCOc1cc(NC(=O)c2ccccc2)c(OCC)cc1NC(=O)C=Cc1ccc(Cl)cc1. The zero-order chi connectivity index (χ0) is 23.6. The number of nitrogens with one attached hydrogen (secondary N) is 2. The van der Waals surface area contributed by atoms with Crippen LogP contribution in [0.1, 0.15) is 29.8 Å². The summed E-state index contributed by atoms with van der Waals surface area (Å²) in [6.07, 6.45) is 3.11. The van der Waals surface area contributed by atoms with E-state index in [2.05, 4.69) is 10.6 Å². The third-order valence-corrected chi connectivity index (χ3v) is 4.77. The first-order valence-corrected chi connectivity index (χ1v) is 10.9. The second-order valence-electron chi connectivity index (χ2n) is 6.90. The van der Waals surface area contributed by atoms with Crippen LogP contribution in [0.25, 0.3) is 6.08 Å². The van der Waals surface area contributed by atoms with Gasteiger partial charge in [0.15, 0.2) is 0 Å². The Morgan fingerprint density at radius 2 is 1.42 bits per heavy atom. The Balaban J connectivity index is 1.84. The summed E-state index contributed by atoms with van der Waals surface area (Å²) in [4.78, 5) is 25.2. The van der Waals surface area contributed by atoms with Crippen LogP contribution in [0.4, 0.5) is 11.4 Å². The molecule has 170 valence electrons. The van der Waals surface area contributed by atoms with Crippen molar-refractivity contribution in [3.8, 4) is 11.5 Å². The predicted octanol–water partition coefficient (Wildman–Crippen LogP) is 6.04. The van der Waals surface area contributed by atoms with E-state index in [9.17, 15) is 9.59 Å². The van der Waals surface area contributed by atoms with E-state index in [1.54, 1.807) is 54.6 Å². The number of amides is 2. The van der Waals surface area contributed by atoms with E-state index in [1.165, 1.54) is 6.08 Å². The van der Waals surface area contributed by atoms with Crippen LogP contribution >= 0.6 is 11.6 Å². The van der Waals surface area contributed by atoms with Gasteiger partial charge in [-0.05, 0) is 49.8 Å². The molecule has 2 N–H and O–H groups in total. The average molecular weight is 465 g/mol. The van der Waals surface area contributed by atoms with E-state index >= 15 is 0 Å². The van der Waals surface area contributed by atoms with Gasteiger partial charge in [-0.25, -0.2) is 0 Å². The summed E-state index contributed by atoms with van der Waals surface area (Å²) in [5.41, 5.74) is 2.24. The fourth-order valence-corrected chi connectivity index (χ4v) is 3.14. The third kappa shape index (κ3) is 6.85. The van der Waals surface area contributed by atoms with Crippen molar-refractivity contribution in [2.75, 3.05) is 23.8 Å². The zero-order valence-electron chi connectivity index (χ0n) is 18.4. The molecule has 3 aromatic carbocycles. The highest BCUT2D eigenvalue weighted by Crippen LogP contribution is 2.37. The smallest absolute Gasteiger partial charge is 0.255 e. The maximum atomic E-state index is 12.6. The number of anilines is 2. The van der Waals surface area contributed by atoms with Gasteiger partial charge in [0.05, 0.1) is 24.6 Å². The molecular weight excluding hydrogens is 440 g/mol.